The largest absolute Gasteiger partial charge is 0.483 e. The summed E-state index contributed by atoms with van der Waals surface area (Å²) in [5.41, 5.74) is 3.99. The number of pyridine rings is 2. The second-order valence-corrected chi connectivity index (χ2v) is 9.88. The fourth-order valence-corrected chi connectivity index (χ4v) is 4.60. The molecular formula is C29H31ClN4O2. The first-order valence-electron chi connectivity index (χ1n) is 12.5. The van der Waals surface area contributed by atoms with Gasteiger partial charge in [0.05, 0.1) is 11.7 Å². The monoisotopic (exact) mass is 502 g/mol. The number of nitrogens with one attached hydrogen (secondary N) is 1. The van der Waals surface area contributed by atoms with Crippen LogP contribution in [-0.4, -0.2) is 34.6 Å². The molecule has 0 atom stereocenters. The van der Waals surface area contributed by atoms with Crippen molar-refractivity contribution < 1.29 is 4.74 Å². The smallest absolute Gasteiger partial charge is 0.223 e. The second-order valence-electron chi connectivity index (χ2n) is 9.44. The van der Waals surface area contributed by atoms with Gasteiger partial charge in [0, 0.05) is 53.2 Å². The van der Waals surface area contributed by atoms with Crippen LogP contribution >= 0.6 is 11.6 Å². The highest BCUT2D eigenvalue weighted by Crippen LogP contribution is 2.36. The van der Waals surface area contributed by atoms with Crippen molar-refractivity contribution in [1.82, 2.24) is 14.5 Å². The normalized spacial score (nSPS) is 13.3. The van der Waals surface area contributed by atoms with Crippen LogP contribution in [0.15, 0.2) is 77.9 Å². The van der Waals surface area contributed by atoms with Crippen LogP contribution in [0.25, 0.3) is 10.9 Å². The molecule has 0 amide bonds. The van der Waals surface area contributed by atoms with Crippen LogP contribution in [0, 0.1) is 0 Å². The van der Waals surface area contributed by atoms with Crippen LogP contribution in [0.3, 0.4) is 0 Å². The lowest BCUT2D eigenvalue weighted by Gasteiger charge is -2.21. The Kier molecular flexibility index (Phi) is 7.54. The molecule has 0 saturated heterocycles. The number of benzene rings is 2. The van der Waals surface area contributed by atoms with Gasteiger partial charge in [-0.1, -0.05) is 41.9 Å². The third-order valence-electron chi connectivity index (χ3n) is 6.47. The Morgan fingerprint density at radius 1 is 1.14 bits per heavy atom. The molecule has 2 aromatic carbocycles. The van der Waals surface area contributed by atoms with Crippen molar-refractivity contribution in [3.05, 3.63) is 99.6 Å². The van der Waals surface area contributed by atoms with E-state index in [4.69, 9.17) is 16.3 Å². The van der Waals surface area contributed by atoms with Gasteiger partial charge in [-0.2, -0.15) is 0 Å². The number of hydrogen-bond donors (Lipinski definition) is 1. The average Bonchev–Trinajstić information content (AvgIpc) is 3.72. The van der Waals surface area contributed by atoms with Crippen LogP contribution in [-0.2, 0) is 13.2 Å². The summed E-state index contributed by atoms with van der Waals surface area (Å²) in [6.45, 7) is 2.87. The van der Waals surface area contributed by atoms with Gasteiger partial charge in [0.25, 0.3) is 0 Å². The van der Waals surface area contributed by atoms with E-state index < -0.39 is 0 Å². The van der Waals surface area contributed by atoms with Gasteiger partial charge in [-0.25, -0.2) is 0 Å². The van der Waals surface area contributed by atoms with E-state index >= 15 is 0 Å². The lowest BCUT2D eigenvalue weighted by atomic mass is 10.2. The maximum absolute atomic E-state index is 12.8. The van der Waals surface area contributed by atoms with Gasteiger partial charge in [-0.15, -0.1) is 0 Å². The van der Waals surface area contributed by atoms with Gasteiger partial charge >= 0.3 is 0 Å². The maximum Gasteiger partial charge on any atom is 0.223 e. The van der Waals surface area contributed by atoms with E-state index in [-0.39, 0.29) is 5.43 Å². The van der Waals surface area contributed by atoms with Crippen LogP contribution in [0.1, 0.15) is 36.6 Å². The molecule has 2 heterocycles. The molecule has 1 aliphatic carbocycles. The van der Waals surface area contributed by atoms with Crippen molar-refractivity contribution in [2.24, 2.45) is 0 Å². The van der Waals surface area contributed by atoms with Crippen molar-refractivity contribution in [1.29, 1.82) is 0 Å². The number of fused-ring (bicyclic) bond motifs is 1. The summed E-state index contributed by atoms with van der Waals surface area (Å²) in [5.74, 6) is 0.423. The lowest BCUT2D eigenvalue weighted by Crippen LogP contribution is -2.25. The van der Waals surface area contributed by atoms with Gasteiger partial charge in [-0.05, 0) is 62.7 Å². The SMILES string of the molecule is CN(CCCNc1ccnc2cc(Cl)ccc12)Cc1cc(=O)c(OCc2ccccc2)cn1C1CC1. The Bertz CT molecular complexity index is 1390. The van der Waals surface area contributed by atoms with Crippen molar-refractivity contribution in [3.63, 3.8) is 0 Å². The zero-order chi connectivity index (χ0) is 24.9. The molecule has 7 heteroatoms. The van der Waals surface area contributed by atoms with Crippen molar-refractivity contribution >= 4 is 28.2 Å². The topological polar surface area (TPSA) is 59.4 Å². The minimum absolute atomic E-state index is 0.0578. The van der Waals surface area contributed by atoms with E-state index in [0.29, 0.717) is 23.4 Å². The molecule has 1 saturated carbocycles. The predicted octanol–water partition coefficient (Wildman–Crippen LogP) is 5.90. The predicted molar refractivity (Wildman–Crippen MR) is 146 cm³/mol. The van der Waals surface area contributed by atoms with Crippen LogP contribution < -0.4 is 15.5 Å². The molecule has 0 spiro atoms. The van der Waals surface area contributed by atoms with E-state index in [1.165, 1.54) is 0 Å². The fourth-order valence-electron chi connectivity index (χ4n) is 4.44. The standard InChI is InChI=1S/C29H31ClN4O2/c1-33(15-5-13-31-26-12-14-32-27-16-22(30)8-11-25(26)27)18-24-17-28(35)29(19-34(24)23-9-10-23)36-20-21-6-3-2-4-7-21/h2-4,6-8,11-12,14,16-17,19,23H,5,9-10,13,15,18,20H2,1H3,(H,31,32). The van der Waals surface area contributed by atoms with E-state index in [1.807, 2.05) is 60.8 Å². The first-order valence-corrected chi connectivity index (χ1v) is 12.8. The van der Waals surface area contributed by atoms with Gasteiger partial charge in [0.15, 0.2) is 5.75 Å². The third-order valence-corrected chi connectivity index (χ3v) is 6.71. The highest BCUT2D eigenvalue weighted by atomic mass is 35.5. The Hall–Kier alpha value is -3.35. The first-order chi connectivity index (χ1) is 17.6. The Morgan fingerprint density at radius 2 is 1.97 bits per heavy atom. The minimum Gasteiger partial charge on any atom is -0.483 e. The molecule has 0 unspecified atom stereocenters. The number of aromatic nitrogens is 2. The second kappa shape index (κ2) is 11.1. The number of nitrogens with zero attached hydrogens (tertiary/aromatic N) is 3. The Balaban J connectivity index is 1.17. The van der Waals surface area contributed by atoms with E-state index in [1.54, 1.807) is 12.3 Å². The summed E-state index contributed by atoms with van der Waals surface area (Å²) in [6.07, 6.45) is 6.98. The van der Waals surface area contributed by atoms with Crippen LogP contribution in [0.4, 0.5) is 5.69 Å². The number of rotatable bonds is 11. The summed E-state index contributed by atoms with van der Waals surface area (Å²) in [4.78, 5) is 19.5. The number of halogens is 1. The molecule has 1 N–H and O–H groups in total. The van der Waals surface area contributed by atoms with Crippen LogP contribution in [0.5, 0.6) is 5.75 Å². The quantitative estimate of drug-likeness (QED) is 0.259. The first kappa shape index (κ1) is 24.3. The summed E-state index contributed by atoms with van der Waals surface area (Å²) in [7, 11) is 2.10. The molecule has 36 heavy (non-hydrogen) atoms. The fraction of sp³-hybridized carbons (Fsp3) is 0.310. The minimum atomic E-state index is -0.0578. The third kappa shape index (κ3) is 6.07. The highest BCUT2D eigenvalue weighted by Gasteiger charge is 2.26. The number of ether oxygens (including phenoxy) is 1. The molecule has 0 bridgehead atoms. The zero-order valence-corrected chi connectivity index (χ0v) is 21.2. The van der Waals surface area contributed by atoms with E-state index in [0.717, 1.165) is 66.7 Å². The lowest BCUT2D eigenvalue weighted by molar-refractivity contribution is 0.294. The Labute approximate surface area is 216 Å². The number of anilines is 1. The van der Waals surface area contributed by atoms with Crippen molar-refractivity contribution in [2.75, 3.05) is 25.5 Å². The van der Waals surface area contributed by atoms with E-state index in [9.17, 15) is 4.79 Å². The molecule has 6 nitrogen and oxygen atoms in total. The average molecular weight is 503 g/mol. The molecule has 0 radical (unpaired) electrons. The Morgan fingerprint density at radius 3 is 2.78 bits per heavy atom. The molecule has 186 valence electrons. The molecule has 1 aliphatic rings. The molecular weight excluding hydrogens is 472 g/mol. The van der Waals surface area contributed by atoms with Crippen molar-refractivity contribution in [2.45, 2.75) is 38.5 Å². The molecule has 2 aromatic heterocycles. The summed E-state index contributed by atoms with van der Waals surface area (Å²) < 4.78 is 8.13. The molecule has 0 aliphatic heterocycles. The van der Waals surface area contributed by atoms with Crippen molar-refractivity contribution in [3.8, 4) is 5.75 Å². The van der Waals surface area contributed by atoms with Gasteiger partial charge in [0.1, 0.15) is 6.61 Å². The summed E-state index contributed by atoms with van der Waals surface area (Å²) >= 11 is 6.10. The van der Waals surface area contributed by atoms with E-state index in [2.05, 4.69) is 26.8 Å². The molecule has 1 fully saturated rings. The zero-order valence-electron chi connectivity index (χ0n) is 20.5. The highest BCUT2D eigenvalue weighted by molar-refractivity contribution is 6.31. The summed E-state index contributed by atoms with van der Waals surface area (Å²) in [5, 5.41) is 5.29. The van der Waals surface area contributed by atoms with Gasteiger partial charge in [0.2, 0.25) is 5.43 Å². The summed E-state index contributed by atoms with van der Waals surface area (Å²) in [6, 6.07) is 19.9. The van der Waals surface area contributed by atoms with Gasteiger partial charge in [-0.3, -0.25) is 9.78 Å². The molecule has 5 rings (SSSR count). The number of hydrogen-bond acceptors (Lipinski definition) is 5. The van der Waals surface area contributed by atoms with Gasteiger partial charge < -0.3 is 19.5 Å². The maximum atomic E-state index is 12.8. The molecule has 4 aromatic rings. The van der Waals surface area contributed by atoms with Crippen LogP contribution in [0.2, 0.25) is 5.02 Å².